The van der Waals surface area contributed by atoms with Gasteiger partial charge in [0.2, 0.25) is 5.91 Å². The van der Waals surface area contributed by atoms with Crippen LogP contribution in [0, 0.1) is 23.2 Å². The van der Waals surface area contributed by atoms with Crippen molar-refractivity contribution in [2.75, 3.05) is 6.54 Å². The molecule has 3 heteroatoms. The summed E-state index contributed by atoms with van der Waals surface area (Å²) in [5.41, 5.74) is 0.125. The van der Waals surface area contributed by atoms with Crippen molar-refractivity contribution >= 4 is 11.7 Å². The fraction of sp³-hybridized carbons (Fsp3) is 0.909. The second kappa shape index (κ2) is 11.0. The molecule has 0 spiro atoms. The Labute approximate surface area is 155 Å². The van der Waals surface area contributed by atoms with E-state index in [2.05, 4.69) is 39.9 Å². The van der Waals surface area contributed by atoms with Crippen molar-refractivity contribution in [2.45, 2.75) is 98.8 Å². The molecule has 1 N–H and O–H groups in total. The van der Waals surface area contributed by atoms with Crippen LogP contribution in [0.1, 0.15) is 98.8 Å². The lowest BCUT2D eigenvalue weighted by Gasteiger charge is -2.28. The van der Waals surface area contributed by atoms with Crippen molar-refractivity contribution < 1.29 is 9.59 Å². The average Bonchev–Trinajstić information content (AvgIpc) is 2.46. The fourth-order valence-corrected chi connectivity index (χ4v) is 3.94. The monoisotopic (exact) mass is 351 g/mol. The fourth-order valence-electron chi connectivity index (χ4n) is 3.94. The third-order valence-electron chi connectivity index (χ3n) is 5.23. The van der Waals surface area contributed by atoms with Crippen molar-refractivity contribution in [3.63, 3.8) is 0 Å². The van der Waals surface area contributed by atoms with Crippen LogP contribution in [0.2, 0.25) is 0 Å². The van der Waals surface area contributed by atoms with Crippen LogP contribution < -0.4 is 5.32 Å². The minimum Gasteiger partial charge on any atom is -0.356 e. The Hall–Kier alpha value is -0.860. The van der Waals surface area contributed by atoms with Crippen molar-refractivity contribution in [1.82, 2.24) is 5.32 Å². The second-order valence-corrected chi connectivity index (χ2v) is 9.79. The van der Waals surface area contributed by atoms with Gasteiger partial charge in [-0.1, -0.05) is 66.7 Å². The Morgan fingerprint density at radius 1 is 1.00 bits per heavy atom. The summed E-state index contributed by atoms with van der Waals surface area (Å²) in [5, 5.41) is 3.06. The van der Waals surface area contributed by atoms with Gasteiger partial charge in [-0.25, -0.2) is 0 Å². The van der Waals surface area contributed by atoms with E-state index in [0.29, 0.717) is 24.5 Å². The molecule has 1 aliphatic rings. The average molecular weight is 352 g/mol. The Bertz CT molecular complexity index is 401. The SMILES string of the molecule is CC(C)CC(=O)NCCC1CCC(CCCC(=O)CC(C)(C)C)CC1. The normalized spacial score (nSPS) is 21.4. The number of ketones is 1. The van der Waals surface area contributed by atoms with Crippen LogP contribution in [0.25, 0.3) is 0 Å². The molecule has 1 fully saturated rings. The van der Waals surface area contributed by atoms with Gasteiger partial charge in [-0.15, -0.1) is 0 Å². The molecule has 146 valence electrons. The minimum absolute atomic E-state index is 0.125. The van der Waals surface area contributed by atoms with E-state index in [9.17, 15) is 9.59 Å². The maximum absolute atomic E-state index is 12.0. The quantitative estimate of drug-likeness (QED) is 0.563. The molecule has 0 bridgehead atoms. The summed E-state index contributed by atoms with van der Waals surface area (Å²) < 4.78 is 0. The van der Waals surface area contributed by atoms with Gasteiger partial charge in [0.1, 0.15) is 5.78 Å². The molecule has 0 aromatic rings. The number of hydrogen-bond acceptors (Lipinski definition) is 2. The van der Waals surface area contributed by atoms with Crippen LogP contribution in [-0.2, 0) is 9.59 Å². The number of carbonyl (C=O) groups is 2. The van der Waals surface area contributed by atoms with E-state index in [0.717, 1.165) is 37.6 Å². The Balaban J connectivity index is 2.08. The number of carbonyl (C=O) groups excluding carboxylic acids is 2. The molecule has 1 rings (SSSR count). The van der Waals surface area contributed by atoms with Gasteiger partial charge in [0.15, 0.2) is 0 Å². The van der Waals surface area contributed by atoms with Crippen molar-refractivity contribution in [1.29, 1.82) is 0 Å². The van der Waals surface area contributed by atoms with Gasteiger partial charge in [-0.2, -0.15) is 0 Å². The summed E-state index contributed by atoms with van der Waals surface area (Å²) in [7, 11) is 0. The molecule has 0 saturated heterocycles. The van der Waals surface area contributed by atoms with E-state index in [1.54, 1.807) is 0 Å². The van der Waals surface area contributed by atoms with Crippen LogP contribution in [0.3, 0.4) is 0 Å². The van der Waals surface area contributed by atoms with Gasteiger partial charge in [0.05, 0.1) is 0 Å². The first-order valence-corrected chi connectivity index (χ1v) is 10.4. The predicted octanol–water partition coefficient (Wildman–Crippen LogP) is 5.52. The molecular weight excluding hydrogens is 310 g/mol. The van der Waals surface area contributed by atoms with Crippen LogP contribution in [0.4, 0.5) is 0 Å². The maximum Gasteiger partial charge on any atom is 0.220 e. The van der Waals surface area contributed by atoms with E-state index < -0.39 is 0 Å². The summed E-state index contributed by atoms with van der Waals surface area (Å²) in [4.78, 5) is 23.6. The Morgan fingerprint density at radius 2 is 1.56 bits per heavy atom. The van der Waals surface area contributed by atoms with Crippen LogP contribution >= 0.6 is 0 Å². The third-order valence-corrected chi connectivity index (χ3v) is 5.23. The van der Waals surface area contributed by atoms with Gasteiger partial charge < -0.3 is 5.32 Å². The summed E-state index contributed by atoms with van der Waals surface area (Å²) in [6, 6.07) is 0. The van der Waals surface area contributed by atoms with Crippen molar-refractivity contribution in [3.05, 3.63) is 0 Å². The molecule has 1 saturated carbocycles. The summed E-state index contributed by atoms with van der Waals surface area (Å²) >= 11 is 0. The molecule has 0 unspecified atom stereocenters. The van der Waals surface area contributed by atoms with Crippen LogP contribution in [-0.4, -0.2) is 18.2 Å². The summed E-state index contributed by atoms with van der Waals surface area (Å²) in [5.74, 6) is 2.65. The van der Waals surface area contributed by atoms with Gasteiger partial charge in [-0.3, -0.25) is 9.59 Å². The van der Waals surface area contributed by atoms with E-state index >= 15 is 0 Å². The number of amides is 1. The first-order valence-electron chi connectivity index (χ1n) is 10.4. The lowest BCUT2D eigenvalue weighted by molar-refractivity contribution is -0.122. The predicted molar refractivity (Wildman–Crippen MR) is 105 cm³/mol. The van der Waals surface area contributed by atoms with E-state index in [1.165, 1.54) is 32.1 Å². The van der Waals surface area contributed by atoms with Crippen LogP contribution in [0.5, 0.6) is 0 Å². The van der Waals surface area contributed by atoms with Gasteiger partial charge in [0.25, 0.3) is 0 Å². The number of hydrogen-bond donors (Lipinski definition) is 1. The Morgan fingerprint density at radius 3 is 2.08 bits per heavy atom. The number of Topliss-reactive ketones (excluding diaryl/α,β-unsaturated/α-hetero) is 1. The van der Waals surface area contributed by atoms with Crippen molar-refractivity contribution in [3.8, 4) is 0 Å². The molecule has 0 aliphatic heterocycles. The first kappa shape index (κ1) is 22.2. The Kier molecular flexibility index (Phi) is 9.74. The molecule has 0 aromatic carbocycles. The zero-order chi connectivity index (χ0) is 18.9. The first-order chi connectivity index (χ1) is 11.7. The second-order valence-electron chi connectivity index (χ2n) is 9.79. The molecule has 1 amide bonds. The molecular formula is C22H41NO2. The topological polar surface area (TPSA) is 46.2 Å². The highest BCUT2D eigenvalue weighted by molar-refractivity contribution is 5.78. The molecule has 0 heterocycles. The van der Waals surface area contributed by atoms with E-state index in [1.807, 2.05) is 0 Å². The largest absolute Gasteiger partial charge is 0.356 e. The molecule has 0 aromatic heterocycles. The van der Waals surface area contributed by atoms with Gasteiger partial charge >= 0.3 is 0 Å². The highest BCUT2D eigenvalue weighted by Gasteiger charge is 2.22. The minimum atomic E-state index is 0.125. The van der Waals surface area contributed by atoms with Gasteiger partial charge in [-0.05, 0) is 36.0 Å². The highest BCUT2D eigenvalue weighted by Crippen LogP contribution is 2.33. The zero-order valence-electron chi connectivity index (χ0n) is 17.3. The lowest BCUT2D eigenvalue weighted by atomic mass is 9.78. The van der Waals surface area contributed by atoms with Gasteiger partial charge in [0, 0.05) is 25.8 Å². The summed E-state index contributed by atoms with van der Waals surface area (Å²) in [6.45, 7) is 11.4. The van der Waals surface area contributed by atoms with E-state index in [-0.39, 0.29) is 11.3 Å². The zero-order valence-corrected chi connectivity index (χ0v) is 17.3. The number of nitrogens with one attached hydrogen (secondary N) is 1. The molecule has 3 nitrogen and oxygen atoms in total. The summed E-state index contributed by atoms with van der Waals surface area (Å²) in [6.07, 6.45) is 10.7. The lowest BCUT2D eigenvalue weighted by Crippen LogP contribution is -2.27. The highest BCUT2D eigenvalue weighted by atomic mass is 16.1. The maximum atomic E-state index is 12.0. The molecule has 25 heavy (non-hydrogen) atoms. The standard InChI is InChI=1S/C22H41NO2/c1-17(2)15-21(25)23-14-13-19-11-9-18(10-12-19)7-6-8-20(24)16-22(3,4)5/h17-19H,6-16H2,1-5H3,(H,23,25). The number of rotatable bonds is 10. The van der Waals surface area contributed by atoms with Crippen LogP contribution in [0.15, 0.2) is 0 Å². The smallest absolute Gasteiger partial charge is 0.220 e. The molecule has 1 aliphatic carbocycles. The third kappa shape index (κ3) is 11.4. The van der Waals surface area contributed by atoms with E-state index in [4.69, 9.17) is 0 Å². The molecule has 0 atom stereocenters. The van der Waals surface area contributed by atoms with Crippen molar-refractivity contribution in [2.24, 2.45) is 23.2 Å². The molecule has 0 radical (unpaired) electrons.